The van der Waals surface area contributed by atoms with E-state index < -0.39 is 0 Å². The normalized spacial score (nSPS) is 25.0. The third-order valence-electron chi connectivity index (χ3n) is 5.84. The lowest BCUT2D eigenvalue weighted by atomic mass is 9.57. The first-order chi connectivity index (χ1) is 12.2. The van der Waals surface area contributed by atoms with Crippen LogP contribution in [0.3, 0.4) is 0 Å². The predicted octanol–water partition coefficient (Wildman–Crippen LogP) is 2.28. The number of hydrogen-bond donors (Lipinski definition) is 1. The highest BCUT2D eigenvalue weighted by molar-refractivity contribution is 6.05. The highest BCUT2D eigenvalue weighted by Crippen LogP contribution is 2.50. The summed E-state index contributed by atoms with van der Waals surface area (Å²) >= 11 is 0. The molecule has 0 bridgehead atoms. The number of amides is 1. The topological polar surface area (TPSA) is 65.4 Å². The van der Waals surface area contributed by atoms with Gasteiger partial charge in [0.15, 0.2) is 0 Å². The summed E-state index contributed by atoms with van der Waals surface area (Å²) in [5, 5.41) is 8.60. The minimum absolute atomic E-state index is 0.0122. The molecule has 134 valence electrons. The second-order valence-electron chi connectivity index (χ2n) is 7.04. The molecule has 0 unspecified atom stereocenters. The Balaban J connectivity index is 1.57. The van der Waals surface area contributed by atoms with Gasteiger partial charge in [0.25, 0.3) is 5.91 Å². The molecule has 1 N–H and O–H groups in total. The van der Waals surface area contributed by atoms with Crippen LogP contribution in [-0.2, 0) is 16.5 Å². The molecule has 1 spiro atoms. The van der Waals surface area contributed by atoms with Crippen LogP contribution >= 0.6 is 0 Å². The van der Waals surface area contributed by atoms with Crippen LogP contribution in [0.25, 0.3) is 10.9 Å². The van der Waals surface area contributed by atoms with Crippen LogP contribution in [-0.4, -0.2) is 47.7 Å². The van der Waals surface area contributed by atoms with Gasteiger partial charge in [0.1, 0.15) is 5.69 Å². The number of hydrogen-bond acceptors (Lipinski definition) is 4. The molecule has 2 atom stereocenters. The van der Waals surface area contributed by atoms with E-state index in [0.29, 0.717) is 12.3 Å². The van der Waals surface area contributed by atoms with Gasteiger partial charge in [-0.3, -0.25) is 9.48 Å². The van der Waals surface area contributed by atoms with E-state index in [1.165, 1.54) is 0 Å². The lowest BCUT2D eigenvalue weighted by Gasteiger charge is -2.57. The van der Waals surface area contributed by atoms with Crippen LogP contribution in [0.4, 0.5) is 0 Å². The number of fused-ring (bicyclic) bond motifs is 1. The minimum Gasteiger partial charge on any atom is -0.381 e. The first kappa shape index (κ1) is 16.5. The average Bonchev–Trinajstić information content (AvgIpc) is 2.97. The molecule has 6 nitrogen and oxygen atoms in total. The van der Waals surface area contributed by atoms with Crippen LogP contribution in [0.2, 0.25) is 0 Å². The average molecular weight is 343 g/mol. The summed E-state index contributed by atoms with van der Waals surface area (Å²) < 4.78 is 13.2. The van der Waals surface area contributed by atoms with Crippen molar-refractivity contribution in [3.63, 3.8) is 0 Å². The summed E-state index contributed by atoms with van der Waals surface area (Å²) in [6.07, 6.45) is 2.97. The zero-order valence-electron chi connectivity index (χ0n) is 14.8. The molecule has 1 aliphatic heterocycles. The fraction of sp³-hybridized carbons (Fsp3) is 0.579. The van der Waals surface area contributed by atoms with Crippen LogP contribution < -0.4 is 5.32 Å². The highest BCUT2D eigenvalue weighted by atomic mass is 16.5. The molecule has 2 heterocycles. The van der Waals surface area contributed by atoms with Crippen molar-refractivity contribution in [1.29, 1.82) is 0 Å². The van der Waals surface area contributed by atoms with Crippen molar-refractivity contribution < 1.29 is 14.3 Å². The number of rotatable bonds is 4. The van der Waals surface area contributed by atoms with Crippen LogP contribution in [0.5, 0.6) is 0 Å². The van der Waals surface area contributed by atoms with E-state index in [-0.39, 0.29) is 23.5 Å². The van der Waals surface area contributed by atoms with Gasteiger partial charge in [0, 0.05) is 43.7 Å². The Bertz CT molecular complexity index is 779. The summed E-state index contributed by atoms with van der Waals surface area (Å²) in [5.41, 5.74) is 1.48. The number of nitrogens with zero attached hydrogens (tertiary/aromatic N) is 2. The number of nitrogens with one attached hydrogen (secondary N) is 1. The minimum atomic E-state index is -0.0537. The molecule has 1 aromatic heterocycles. The summed E-state index contributed by atoms with van der Waals surface area (Å²) in [6, 6.07) is 7.89. The molecule has 0 radical (unpaired) electrons. The third kappa shape index (κ3) is 2.64. The van der Waals surface area contributed by atoms with E-state index in [1.54, 1.807) is 4.68 Å². The van der Waals surface area contributed by atoms with Gasteiger partial charge in [-0.2, -0.15) is 5.10 Å². The predicted molar refractivity (Wildman–Crippen MR) is 94.5 cm³/mol. The Kier molecular flexibility index (Phi) is 4.25. The molecule has 4 rings (SSSR count). The SMILES string of the molecule is CCO[C@@H]1C[C@@H](NC(=O)c2c3ccccc3nn2C)C12CCOCC2. The second-order valence-corrected chi connectivity index (χ2v) is 7.04. The standard InChI is InChI=1S/C19H25N3O3/c1-3-25-16-12-15(19(16)8-10-24-11-9-19)20-18(23)17-13-6-4-5-7-14(13)21-22(17)2/h4-7,15-16H,3,8-12H2,1-2H3,(H,20,23)/t15-,16-/m1/s1. The molecule has 1 aliphatic carbocycles. The molecule has 1 saturated carbocycles. The van der Waals surface area contributed by atoms with E-state index >= 15 is 0 Å². The Morgan fingerprint density at radius 2 is 2.16 bits per heavy atom. The van der Waals surface area contributed by atoms with Crippen molar-refractivity contribution in [2.24, 2.45) is 12.5 Å². The molecule has 2 aliphatic rings. The smallest absolute Gasteiger partial charge is 0.270 e. The number of aromatic nitrogens is 2. The first-order valence-electron chi connectivity index (χ1n) is 9.07. The van der Waals surface area contributed by atoms with Crippen LogP contribution in [0.15, 0.2) is 24.3 Å². The van der Waals surface area contributed by atoms with Crippen molar-refractivity contribution in [3.05, 3.63) is 30.0 Å². The van der Waals surface area contributed by atoms with E-state index in [2.05, 4.69) is 10.4 Å². The lowest BCUT2D eigenvalue weighted by Crippen LogP contribution is -2.66. The maximum absolute atomic E-state index is 13.0. The monoisotopic (exact) mass is 343 g/mol. The van der Waals surface area contributed by atoms with Gasteiger partial charge in [0.2, 0.25) is 0 Å². The molecule has 1 saturated heterocycles. The number of benzene rings is 1. The fourth-order valence-electron chi connectivity index (χ4n) is 4.45. The van der Waals surface area contributed by atoms with E-state index in [0.717, 1.165) is 43.4 Å². The third-order valence-corrected chi connectivity index (χ3v) is 5.84. The molecule has 1 aromatic carbocycles. The Morgan fingerprint density at radius 1 is 1.40 bits per heavy atom. The van der Waals surface area contributed by atoms with Crippen molar-refractivity contribution >= 4 is 16.8 Å². The Hall–Kier alpha value is -1.92. The van der Waals surface area contributed by atoms with Gasteiger partial charge in [-0.1, -0.05) is 18.2 Å². The van der Waals surface area contributed by atoms with Crippen LogP contribution in [0, 0.1) is 5.41 Å². The quantitative estimate of drug-likeness (QED) is 0.925. The van der Waals surface area contributed by atoms with Crippen molar-refractivity contribution in [3.8, 4) is 0 Å². The number of aryl methyl sites for hydroxylation is 1. The molecule has 2 aromatic rings. The van der Waals surface area contributed by atoms with Gasteiger partial charge < -0.3 is 14.8 Å². The summed E-state index contributed by atoms with van der Waals surface area (Å²) in [6.45, 7) is 4.22. The maximum atomic E-state index is 13.0. The zero-order valence-corrected chi connectivity index (χ0v) is 14.8. The van der Waals surface area contributed by atoms with Gasteiger partial charge in [-0.25, -0.2) is 0 Å². The zero-order chi connectivity index (χ0) is 17.4. The molecular formula is C19H25N3O3. The first-order valence-corrected chi connectivity index (χ1v) is 9.07. The maximum Gasteiger partial charge on any atom is 0.270 e. The van der Waals surface area contributed by atoms with Gasteiger partial charge >= 0.3 is 0 Å². The highest BCUT2D eigenvalue weighted by Gasteiger charge is 2.56. The summed E-state index contributed by atoms with van der Waals surface area (Å²) in [5.74, 6) is -0.0537. The Morgan fingerprint density at radius 3 is 2.92 bits per heavy atom. The fourth-order valence-corrected chi connectivity index (χ4v) is 4.45. The van der Waals surface area contributed by atoms with Crippen molar-refractivity contribution in [2.45, 2.75) is 38.3 Å². The largest absolute Gasteiger partial charge is 0.381 e. The van der Waals surface area contributed by atoms with Gasteiger partial charge in [-0.15, -0.1) is 0 Å². The van der Waals surface area contributed by atoms with E-state index in [1.807, 2.05) is 38.2 Å². The molecule has 25 heavy (non-hydrogen) atoms. The number of carbonyl (C=O) groups is 1. The molecule has 2 fully saturated rings. The van der Waals surface area contributed by atoms with Crippen LogP contribution in [0.1, 0.15) is 36.7 Å². The second kappa shape index (κ2) is 6.42. The Labute approximate surface area is 147 Å². The van der Waals surface area contributed by atoms with E-state index in [9.17, 15) is 4.79 Å². The number of ether oxygens (including phenoxy) is 2. The van der Waals surface area contributed by atoms with Crippen molar-refractivity contribution in [1.82, 2.24) is 15.1 Å². The molecule has 1 amide bonds. The summed E-state index contributed by atoms with van der Waals surface area (Å²) in [4.78, 5) is 13.0. The lowest BCUT2D eigenvalue weighted by molar-refractivity contribution is -0.170. The van der Waals surface area contributed by atoms with Gasteiger partial charge in [0.05, 0.1) is 11.6 Å². The molecular weight excluding hydrogens is 318 g/mol. The molecule has 6 heteroatoms. The van der Waals surface area contributed by atoms with Crippen molar-refractivity contribution in [2.75, 3.05) is 19.8 Å². The number of carbonyl (C=O) groups excluding carboxylic acids is 1. The van der Waals surface area contributed by atoms with Gasteiger partial charge in [-0.05, 0) is 32.3 Å². The van der Waals surface area contributed by atoms with E-state index in [4.69, 9.17) is 9.47 Å². The summed E-state index contributed by atoms with van der Waals surface area (Å²) in [7, 11) is 1.82.